The third-order valence-electron chi connectivity index (χ3n) is 4.55. The summed E-state index contributed by atoms with van der Waals surface area (Å²) in [6, 6.07) is 0. The molecule has 1 heterocycles. The molecule has 124 valence electrons. The smallest absolute Gasteiger partial charge is 0.129 e. The zero-order valence-electron chi connectivity index (χ0n) is 14.4. The van der Waals surface area contributed by atoms with E-state index in [2.05, 4.69) is 6.92 Å². The molecule has 2 unspecified atom stereocenters. The Labute approximate surface area is 132 Å². The van der Waals surface area contributed by atoms with Gasteiger partial charge in [0.05, 0.1) is 12.2 Å². The first-order valence-corrected chi connectivity index (χ1v) is 9.39. The molecule has 0 radical (unpaired) electrons. The van der Waals surface area contributed by atoms with Crippen LogP contribution in [0.2, 0.25) is 0 Å². The van der Waals surface area contributed by atoms with Crippen LogP contribution in [0.5, 0.6) is 0 Å². The van der Waals surface area contributed by atoms with Gasteiger partial charge in [0.25, 0.3) is 0 Å². The zero-order chi connectivity index (χ0) is 15.3. The third kappa shape index (κ3) is 10.9. The van der Waals surface area contributed by atoms with Crippen LogP contribution in [0.15, 0.2) is 0 Å². The second-order valence-corrected chi connectivity index (χ2v) is 6.78. The SMILES string of the molecule is CCCCCCCCC1OC1CCCCCCCC(C)=O. The maximum absolute atomic E-state index is 10.8. The summed E-state index contributed by atoms with van der Waals surface area (Å²) in [5, 5.41) is 0. The van der Waals surface area contributed by atoms with Crippen molar-refractivity contribution in [1.82, 2.24) is 0 Å². The molecule has 1 aliphatic heterocycles. The molecule has 0 N–H and O–H groups in total. The maximum atomic E-state index is 10.8. The van der Waals surface area contributed by atoms with E-state index in [1.54, 1.807) is 6.92 Å². The maximum Gasteiger partial charge on any atom is 0.129 e. The van der Waals surface area contributed by atoms with Crippen molar-refractivity contribution in [2.75, 3.05) is 0 Å². The quantitative estimate of drug-likeness (QED) is 0.281. The number of ketones is 1. The average molecular weight is 296 g/mol. The number of carbonyl (C=O) groups is 1. The molecule has 2 nitrogen and oxygen atoms in total. The predicted molar refractivity (Wildman–Crippen MR) is 89.7 cm³/mol. The van der Waals surface area contributed by atoms with E-state index >= 15 is 0 Å². The van der Waals surface area contributed by atoms with Gasteiger partial charge in [-0.1, -0.05) is 71.1 Å². The highest BCUT2D eigenvalue weighted by atomic mass is 16.6. The van der Waals surface area contributed by atoms with Gasteiger partial charge >= 0.3 is 0 Å². The first kappa shape index (κ1) is 18.7. The predicted octanol–water partition coefficient (Wildman–Crippen LogP) is 5.82. The van der Waals surface area contributed by atoms with Crippen LogP contribution >= 0.6 is 0 Å². The van der Waals surface area contributed by atoms with Crippen molar-refractivity contribution in [3.05, 3.63) is 0 Å². The molecule has 2 heteroatoms. The summed E-state index contributed by atoms with van der Waals surface area (Å²) < 4.78 is 5.76. The molecule has 1 aliphatic rings. The summed E-state index contributed by atoms with van der Waals surface area (Å²) in [5.74, 6) is 0.332. The van der Waals surface area contributed by atoms with E-state index < -0.39 is 0 Å². The van der Waals surface area contributed by atoms with Gasteiger partial charge in [-0.15, -0.1) is 0 Å². The summed E-state index contributed by atoms with van der Waals surface area (Å²) in [7, 11) is 0. The van der Waals surface area contributed by atoms with Crippen molar-refractivity contribution in [3.63, 3.8) is 0 Å². The second kappa shape index (κ2) is 12.2. The zero-order valence-corrected chi connectivity index (χ0v) is 14.4. The molecule has 2 atom stereocenters. The summed E-state index contributed by atoms with van der Waals surface area (Å²) in [4.78, 5) is 10.8. The molecule has 0 aliphatic carbocycles. The average Bonchev–Trinajstić information content (AvgIpc) is 3.20. The van der Waals surface area contributed by atoms with Crippen LogP contribution in [0.25, 0.3) is 0 Å². The molecule has 0 aromatic rings. The van der Waals surface area contributed by atoms with E-state index in [9.17, 15) is 4.79 Å². The minimum absolute atomic E-state index is 0.332. The van der Waals surface area contributed by atoms with Gasteiger partial charge < -0.3 is 9.53 Å². The lowest BCUT2D eigenvalue weighted by molar-refractivity contribution is -0.117. The van der Waals surface area contributed by atoms with Gasteiger partial charge in [0, 0.05) is 6.42 Å². The van der Waals surface area contributed by atoms with Crippen LogP contribution in [0.1, 0.15) is 104 Å². The molecule has 21 heavy (non-hydrogen) atoms. The molecule has 1 rings (SSSR count). The lowest BCUT2D eigenvalue weighted by Crippen LogP contribution is -1.95. The summed E-state index contributed by atoms with van der Waals surface area (Å²) >= 11 is 0. The fourth-order valence-corrected chi connectivity index (χ4v) is 3.06. The Morgan fingerprint density at radius 1 is 0.762 bits per heavy atom. The van der Waals surface area contributed by atoms with Crippen molar-refractivity contribution in [3.8, 4) is 0 Å². The number of Topliss-reactive ketones (excluding diaryl/α,β-unsaturated/α-hetero) is 1. The van der Waals surface area contributed by atoms with Gasteiger partial charge in [-0.3, -0.25) is 0 Å². The fourth-order valence-electron chi connectivity index (χ4n) is 3.06. The highest BCUT2D eigenvalue weighted by molar-refractivity contribution is 5.75. The highest BCUT2D eigenvalue weighted by Gasteiger charge is 2.36. The standard InChI is InChI=1S/C19H36O2/c1-3-4-5-6-9-12-15-18-19(21-18)16-13-10-7-8-11-14-17(2)20/h18-19H,3-16H2,1-2H3. The minimum atomic E-state index is 0.332. The van der Waals surface area contributed by atoms with Gasteiger partial charge in [-0.05, 0) is 26.2 Å². The minimum Gasteiger partial charge on any atom is -0.370 e. The number of hydrogen-bond acceptors (Lipinski definition) is 2. The van der Waals surface area contributed by atoms with Crippen LogP contribution in [0.3, 0.4) is 0 Å². The van der Waals surface area contributed by atoms with Crippen molar-refractivity contribution >= 4 is 5.78 Å². The Bertz CT molecular complexity index is 262. The number of rotatable bonds is 15. The molecule has 0 aromatic carbocycles. The Morgan fingerprint density at radius 2 is 1.24 bits per heavy atom. The topological polar surface area (TPSA) is 29.6 Å². The normalized spacial score (nSPS) is 20.7. The third-order valence-corrected chi connectivity index (χ3v) is 4.55. The molecule has 0 bridgehead atoms. The lowest BCUT2D eigenvalue weighted by atomic mass is 10.0. The Kier molecular flexibility index (Phi) is 10.9. The van der Waals surface area contributed by atoms with Gasteiger partial charge in [0.1, 0.15) is 5.78 Å². The van der Waals surface area contributed by atoms with E-state index in [1.807, 2.05) is 0 Å². The molecule has 0 saturated carbocycles. The van der Waals surface area contributed by atoms with Gasteiger partial charge in [0.2, 0.25) is 0 Å². The van der Waals surface area contributed by atoms with Gasteiger partial charge in [-0.25, -0.2) is 0 Å². The van der Waals surface area contributed by atoms with E-state index in [0.29, 0.717) is 18.0 Å². The summed E-state index contributed by atoms with van der Waals surface area (Å²) in [6.07, 6.45) is 19.0. The number of unbranched alkanes of at least 4 members (excludes halogenated alkanes) is 9. The monoisotopic (exact) mass is 296 g/mol. The van der Waals surface area contributed by atoms with E-state index in [-0.39, 0.29) is 0 Å². The van der Waals surface area contributed by atoms with Gasteiger partial charge in [0.15, 0.2) is 0 Å². The first-order valence-electron chi connectivity index (χ1n) is 9.39. The van der Waals surface area contributed by atoms with Crippen LogP contribution < -0.4 is 0 Å². The number of carbonyl (C=O) groups excluding carboxylic acids is 1. The molecule has 1 saturated heterocycles. The fraction of sp³-hybridized carbons (Fsp3) is 0.947. The van der Waals surface area contributed by atoms with Crippen molar-refractivity contribution in [2.45, 2.75) is 116 Å². The van der Waals surface area contributed by atoms with E-state index in [4.69, 9.17) is 4.74 Å². The highest BCUT2D eigenvalue weighted by Crippen LogP contribution is 2.31. The van der Waals surface area contributed by atoms with Crippen LogP contribution in [-0.2, 0) is 9.53 Å². The molecule has 0 spiro atoms. The van der Waals surface area contributed by atoms with Crippen molar-refractivity contribution in [2.24, 2.45) is 0 Å². The van der Waals surface area contributed by atoms with E-state index in [1.165, 1.54) is 77.0 Å². The van der Waals surface area contributed by atoms with Crippen molar-refractivity contribution < 1.29 is 9.53 Å². The lowest BCUT2D eigenvalue weighted by Gasteiger charge is -2.00. The number of hydrogen-bond donors (Lipinski definition) is 0. The van der Waals surface area contributed by atoms with Crippen LogP contribution in [0.4, 0.5) is 0 Å². The number of ether oxygens (including phenoxy) is 1. The molecule has 0 aromatic heterocycles. The Morgan fingerprint density at radius 3 is 1.76 bits per heavy atom. The molecule has 1 fully saturated rings. The van der Waals surface area contributed by atoms with Crippen LogP contribution in [0, 0.1) is 0 Å². The van der Waals surface area contributed by atoms with Gasteiger partial charge in [-0.2, -0.15) is 0 Å². The summed E-state index contributed by atoms with van der Waals surface area (Å²) in [5.41, 5.74) is 0. The van der Waals surface area contributed by atoms with Crippen LogP contribution in [-0.4, -0.2) is 18.0 Å². The van der Waals surface area contributed by atoms with E-state index in [0.717, 1.165) is 12.8 Å². The summed E-state index contributed by atoms with van der Waals surface area (Å²) in [6.45, 7) is 3.96. The molecular formula is C19H36O2. The Balaban J connectivity index is 1.77. The first-order chi connectivity index (χ1) is 10.2. The molecular weight excluding hydrogens is 260 g/mol. The number of epoxide rings is 1. The Hall–Kier alpha value is -0.370. The molecule has 0 amide bonds. The largest absolute Gasteiger partial charge is 0.370 e. The second-order valence-electron chi connectivity index (χ2n) is 6.78. The van der Waals surface area contributed by atoms with Crippen molar-refractivity contribution in [1.29, 1.82) is 0 Å².